The third-order valence-corrected chi connectivity index (χ3v) is 3.62. The Morgan fingerprint density at radius 3 is 3.00 bits per heavy atom. The number of aryl methyl sites for hydroxylation is 1. The van der Waals surface area contributed by atoms with Gasteiger partial charge in [0.1, 0.15) is 5.76 Å². The molecule has 0 spiro atoms. The molecule has 6 nitrogen and oxygen atoms in total. The van der Waals surface area contributed by atoms with E-state index in [0.29, 0.717) is 36.8 Å². The smallest absolute Gasteiger partial charge is 0.320 e. The molecule has 20 heavy (non-hydrogen) atoms. The third kappa shape index (κ3) is 4.52. The van der Waals surface area contributed by atoms with E-state index in [2.05, 4.69) is 22.7 Å². The van der Waals surface area contributed by atoms with Crippen molar-refractivity contribution in [1.29, 1.82) is 0 Å². The van der Waals surface area contributed by atoms with E-state index in [4.69, 9.17) is 9.26 Å². The van der Waals surface area contributed by atoms with Gasteiger partial charge in [0.05, 0.1) is 12.7 Å². The molecule has 1 aliphatic rings. The summed E-state index contributed by atoms with van der Waals surface area (Å²) in [6.07, 6.45) is 5.26. The van der Waals surface area contributed by atoms with Gasteiger partial charge in [0.25, 0.3) is 0 Å². The van der Waals surface area contributed by atoms with Crippen molar-refractivity contribution < 1.29 is 14.1 Å². The standard InChI is InChI=1S/C14H23N3O3/c1-10-5-3-4-6-12(10)19-8-7-15-14(18)16-13-9-11(2)20-17-13/h9-10,12H,3-8H2,1-2H3,(H2,15,16,17,18)/t10-,12-/m1/s1. The normalized spacial score (nSPS) is 22.5. The highest BCUT2D eigenvalue weighted by Gasteiger charge is 2.21. The van der Waals surface area contributed by atoms with Crippen LogP contribution in [0.1, 0.15) is 38.4 Å². The van der Waals surface area contributed by atoms with E-state index in [9.17, 15) is 4.79 Å². The molecule has 2 amide bonds. The number of carbonyl (C=O) groups excluding carboxylic acids is 1. The number of amides is 2. The molecule has 0 aliphatic heterocycles. The number of carbonyl (C=O) groups is 1. The van der Waals surface area contributed by atoms with Crippen LogP contribution in [0.4, 0.5) is 10.6 Å². The summed E-state index contributed by atoms with van der Waals surface area (Å²) in [6.45, 7) is 5.04. The average molecular weight is 281 g/mol. The first kappa shape index (κ1) is 14.8. The number of nitrogens with zero attached hydrogens (tertiary/aromatic N) is 1. The Balaban J connectivity index is 1.59. The Morgan fingerprint density at radius 1 is 1.50 bits per heavy atom. The average Bonchev–Trinajstić information content (AvgIpc) is 2.82. The van der Waals surface area contributed by atoms with Gasteiger partial charge in [-0.3, -0.25) is 5.32 Å². The zero-order valence-electron chi connectivity index (χ0n) is 12.1. The summed E-state index contributed by atoms with van der Waals surface area (Å²) in [5, 5.41) is 9.03. The maximum atomic E-state index is 11.6. The molecule has 1 aromatic rings. The summed E-state index contributed by atoms with van der Waals surface area (Å²) in [5.41, 5.74) is 0. The number of anilines is 1. The Morgan fingerprint density at radius 2 is 2.30 bits per heavy atom. The summed E-state index contributed by atoms with van der Waals surface area (Å²) in [6, 6.07) is 1.37. The van der Waals surface area contributed by atoms with Crippen molar-refractivity contribution in [3.63, 3.8) is 0 Å². The topological polar surface area (TPSA) is 76.4 Å². The van der Waals surface area contributed by atoms with Crippen LogP contribution in [-0.2, 0) is 4.74 Å². The lowest BCUT2D eigenvalue weighted by Gasteiger charge is -2.28. The van der Waals surface area contributed by atoms with Crippen LogP contribution in [0.2, 0.25) is 0 Å². The number of nitrogens with one attached hydrogen (secondary N) is 2. The summed E-state index contributed by atoms with van der Waals surface area (Å²) in [7, 11) is 0. The summed E-state index contributed by atoms with van der Waals surface area (Å²) in [4.78, 5) is 11.6. The predicted octanol–water partition coefficient (Wildman–Crippen LogP) is 2.70. The van der Waals surface area contributed by atoms with Crippen molar-refractivity contribution in [2.24, 2.45) is 5.92 Å². The Kier molecular flexibility index (Phi) is 5.40. The van der Waals surface area contributed by atoms with Crippen LogP contribution in [-0.4, -0.2) is 30.4 Å². The summed E-state index contributed by atoms with van der Waals surface area (Å²) < 4.78 is 10.7. The maximum absolute atomic E-state index is 11.6. The van der Waals surface area contributed by atoms with Gasteiger partial charge in [-0.1, -0.05) is 24.9 Å². The molecule has 0 aromatic carbocycles. The maximum Gasteiger partial charge on any atom is 0.320 e. The molecular formula is C14H23N3O3. The first-order valence-corrected chi connectivity index (χ1v) is 7.25. The van der Waals surface area contributed by atoms with Crippen LogP contribution in [0, 0.1) is 12.8 Å². The van der Waals surface area contributed by atoms with Gasteiger partial charge in [0.2, 0.25) is 0 Å². The van der Waals surface area contributed by atoms with E-state index in [1.165, 1.54) is 19.3 Å². The highest BCUT2D eigenvalue weighted by molar-refractivity contribution is 5.88. The van der Waals surface area contributed by atoms with Crippen LogP contribution >= 0.6 is 0 Å². The second-order valence-corrected chi connectivity index (χ2v) is 5.37. The van der Waals surface area contributed by atoms with E-state index < -0.39 is 0 Å². The van der Waals surface area contributed by atoms with Gasteiger partial charge in [-0.2, -0.15) is 0 Å². The predicted molar refractivity (Wildman–Crippen MR) is 75.6 cm³/mol. The molecule has 2 atom stereocenters. The van der Waals surface area contributed by atoms with Crippen LogP contribution < -0.4 is 10.6 Å². The minimum atomic E-state index is -0.293. The van der Waals surface area contributed by atoms with Gasteiger partial charge in [0, 0.05) is 12.6 Å². The first-order chi connectivity index (χ1) is 9.65. The fraction of sp³-hybridized carbons (Fsp3) is 0.714. The minimum absolute atomic E-state index is 0.293. The zero-order chi connectivity index (χ0) is 14.4. The zero-order valence-corrected chi connectivity index (χ0v) is 12.1. The van der Waals surface area contributed by atoms with Crippen molar-refractivity contribution in [1.82, 2.24) is 10.5 Å². The van der Waals surface area contributed by atoms with E-state index in [-0.39, 0.29) is 6.03 Å². The molecule has 1 heterocycles. The fourth-order valence-corrected chi connectivity index (χ4v) is 2.49. The Labute approximate surface area is 119 Å². The molecule has 6 heteroatoms. The number of ether oxygens (including phenoxy) is 1. The van der Waals surface area contributed by atoms with Gasteiger partial charge in [0.15, 0.2) is 5.82 Å². The molecule has 1 aromatic heterocycles. The Bertz CT molecular complexity index is 433. The second-order valence-electron chi connectivity index (χ2n) is 5.37. The molecular weight excluding hydrogens is 258 g/mol. The highest BCUT2D eigenvalue weighted by atomic mass is 16.5. The SMILES string of the molecule is Cc1cc(NC(=O)NCCO[C@@H]2CCCC[C@H]2C)no1. The van der Waals surface area contributed by atoms with E-state index >= 15 is 0 Å². The van der Waals surface area contributed by atoms with Crippen molar-refractivity contribution in [2.45, 2.75) is 45.6 Å². The van der Waals surface area contributed by atoms with Crippen molar-refractivity contribution in [3.8, 4) is 0 Å². The van der Waals surface area contributed by atoms with Gasteiger partial charge in [-0.05, 0) is 25.7 Å². The first-order valence-electron chi connectivity index (χ1n) is 7.25. The van der Waals surface area contributed by atoms with Crippen LogP contribution in [0.15, 0.2) is 10.6 Å². The molecule has 2 rings (SSSR count). The number of hydrogen-bond donors (Lipinski definition) is 2. The monoisotopic (exact) mass is 281 g/mol. The number of urea groups is 1. The van der Waals surface area contributed by atoms with Gasteiger partial charge < -0.3 is 14.6 Å². The van der Waals surface area contributed by atoms with Crippen molar-refractivity contribution in [3.05, 3.63) is 11.8 Å². The minimum Gasteiger partial charge on any atom is -0.376 e. The van der Waals surface area contributed by atoms with Crippen molar-refractivity contribution >= 4 is 11.8 Å². The van der Waals surface area contributed by atoms with Gasteiger partial charge in [-0.25, -0.2) is 4.79 Å². The largest absolute Gasteiger partial charge is 0.376 e. The lowest BCUT2D eigenvalue weighted by molar-refractivity contribution is -0.00232. The Hall–Kier alpha value is -1.56. The van der Waals surface area contributed by atoms with E-state index in [1.807, 2.05) is 0 Å². The van der Waals surface area contributed by atoms with E-state index in [1.54, 1.807) is 13.0 Å². The summed E-state index contributed by atoms with van der Waals surface area (Å²) >= 11 is 0. The molecule has 0 unspecified atom stereocenters. The molecule has 112 valence electrons. The lowest BCUT2D eigenvalue weighted by atomic mass is 9.88. The molecule has 2 N–H and O–H groups in total. The van der Waals surface area contributed by atoms with Gasteiger partial charge in [-0.15, -0.1) is 0 Å². The van der Waals surface area contributed by atoms with Crippen LogP contribution in [0.25, 0.3) is 0 Å². The molecule has 0 saturated heterocycles. The second kappa shape index (κ2) is 7.28. The van der Waals surface area contributed by atoms with E-state index in [0.717, 1.165) is 6.42 Å². The van der Waals surface area contributed by atoms with Crippen LogP contribution in [0.3, 0.4) is 0 Å². The number of aromatic nitrogens is 1. The fourth-order valence-electron chi connectivity index (χ4n) is 2.49. The molecule has 1 saturated carbocycles. The third-order valence-electron chi connectivity index (χ3n) is 3.62. The molecule has 0 radical (unpaired) electrons. The number of rotatable bonds is 5. The molecule has 1 aliphatic carbocycles. The summed E-state index contributed by atoms with van der Waals surface area (Å²) in [5.74, 6) is 1.70. The van der Waals surface area contributed by atoms with Gasteiger partial charge >= 0.3 is 6.03 Å². The highest BCUT2D eigenvalue weighted by Crippen LogP contribution is 2.25. The quantitative estimate of drug-likeness (QED) is 0.814. The lowest BCUT2D eigenvalue weighted by Crippen LogP contribution is -2.34. The van der Waals surface area contributed by atoms with Crippen molar-refractivity contribution in [2.75, 3.05) is 18.5 Å². The molecule has 1 fully saturated rings. The van der Waals surface area contributed by atoms with Crippen LogP contribution in [0.5, 0.6) is 0 Å². The molecule has 0 bridgehead atoms. The number of hydrogen-bond acceptors (Lipinski definition) is 4.